The van der Waals surface area contributed by atoms with Gasteiger partial charge in [-0.15, -0.1) is 0 Å². The third-order valence-electron chi connectivity index (χ3n) is 3.65. The Hall–Kier alpha value is -2.76. The second-order valence-corrected chi connectivity index (χ2v) is 5.09. The quantitative estimate of drug-likeness (QED) is 0.778. The van der Waals surface area contributed by atoms with Crippen molar-refractivity contribution < 1.29 is 9.21 Å². The van der Waals surface area contributed by atoms with Crippen LogP contribution in [0.2, 0.25) is 0 Å². The Morgan fingerprint density at radius 1 is 1.18 bits per heavy atom. The number of rotatable bonds is 5. The summed E-state index contributed by atoms with van der Waals surface area (Å²) in [5.74, 6) is 0.590. The van der Waals surface area contributed by atoms with E-state index in [1.54, 1.807) is 34.6 Å². The van der Waals surface area contributed by atoms with Crippen LogP contribution in [0.3, 0.4) is 0 Å². The minimum Gasteiger partial charge on any atom is -0.467 e. The maximum Gasteiger partial charge on any atom is 0.328 e. The molecule has 0 atom stereocenters. The highest BCUT2D eigenvalue weighted by atomic mass is 16.3. The highest BCUT2D eigenvalue weighted by Crippen LogP contribution is 2.11. The molecule has 0 aliphatic carbocycles. The van der Waals surface area contributed by atoms with Gasteiger partial charge in [0.15, 0.2) is 0 Å². The molecule has 3 rings (SSSR count). The predicted octanol–water partition coefficient (Wildman–Crippen LogP) is 1.64. The van der Waals surface area contributed by atoms with E-state index in [9.17, 15) is 9.59 Å². The van der Waals surface area contributed by atoms with Crippen LogP contribution in [-0.4, -0.2) is 15.0 Å². The van der Waals surface area contributed by atoms with Crippen molar-refractivity contribution in [2.24, 2.45) is 7.05 Å². The fourth-order valence-corrected chi connectivity index (χ4v) is 2.48. The lowest BCUT2D eigenvalue weighted by molar-refractivity contribution is -0.121. The van der Waals surface area contributed by atoms with Gasteiger partial charge in [-0.2, -0.15) is 0 Å². The average Bonchev–Trinajstić information content (AvgIpc) is 3.13. The highest BCUT2D eigenvalue weighted by molar-refractivity contribution is 5.77. The number of para-hydroxylation sites is 2. The Bertz CT molecular complexity index is 843. The van der Waals surface area contributed by atoms with E-state index in [1.165, 1.54) is 0 Å². The summed E-state index contributed by atoms with van der Waals surface area (Å²) in [7, 11) is 1.73. The van der Waals surface area contributed by atoms with E-state index in [2.05, 4.69) is 5.32 Å². The first kappa shape index (κ1) is 14.2. The molecule has 0 saturated heterocycles. The molecule has 2 aromatic heterocycles. The molecule has 114 valence electrons. The first-order valence-corrected chi connectivity index (χ1v) is 7.10. The Morgan fingerprint density at radius 2 is 1.95 bits per heavy atom. The van der Waals surface area contributed by atoms with Crippen molar-refractivity contribution >= 4 is 16.9 Å². The van der Waals surface area contributed by atoms with E-state index in [4.69, 9.17) is 4.42 Å². The number of imidazole rings is 1. The van der Waals surface area contributed by atoms with E-state index in [-0.39, 0.29) is 18.0 Å². The minimum atomic E-state index is -0.115. The number of hydrogen-bond acceptors (Lipinski definition) is 3. The van der Waals surface area contributed by atoms with Crippen molar-refractivity contribution in [2.75, 3.05) is 0 Å². The predicted molar refractivity (Wildman–Crippen MR) is 82.4 cm³/mol. The Morgan fingerprint density at radius 3 is 2.68 bits per heavy atom. The van der Waals surface area contributed by atoms with Gasteiger partial charge in [0.25, 0.3) is 0 Å². The van der Waals surface area contributed by atoms with Gasteiger partial charge in [0.2, 0.25) is 5.91 Å². The van der Waals surface area contributed by atoms with E-state index in [0.717, 1.165) is 11.0 Å². The number of amides is 1. The summed E-state index contributed by atoms with van der Waals surface area (Å²) in [6.07, 6.45) is 1.81. The zero-order valence-corrected chi connectivity index (χ0v) is 12.3. The van der Waals surface area contributed by atoms with Crippen molar-refractivity contribution in [3.05, 3.63) is 58.9 Å². The van der Waals surface area contributed by atoms with Gasteiger partial charge >= 0.3 is 5.69 Å². The van der Waals surface area contributed by atoms with Crippen LogP contribution < -0.4 is 11.0 Å². The van der Waals surface area contributed by atoms with Crippen LogP contribution in [0.1, 0.15) is 12.2 Å². The first-order chi connectivity index (χ1) is 10.7. The maximum atomic E-state index is 12.2. The largest absolute Gasteiger partial charge is 0.467 e. The minimum absolute atomic E-state index is 0.111. The van der Waals surface area contributed by atoms with Crippen molar-refractivity contribution in [2.45, 2.75) is 19.5 Å². The van der Waals surface area contributed by atoms with Crippen molar-refractivity contribution in [1.82, 2.24) is 14.5 Å². The Balaban J connectivity index is 1.68. The molecule has 22 heavy (non-hydrogen) atoms. The molecule has 0 saturated carbocycles. The summed E-state index contributed by atoms with van der Waals surface area (Å²) in [6, 6.07) is 11.1. The van der Waals surface area contributed by atoms with Crippen LogP contribution in [0.4, 0.5) is 0 Å². The number of aromatic nitrogens is 2. The SMILES string of the molecule is Cn1c(=O)n(CCC(=O)NCc2ccco2)c2ccccc21. The van der Waals surface area contributed by atoms with Crippen LogP contribution in [0.25, 0.3) is 11.0 Å². The monoisotopic (exact) mass is 299 g/mol. The van der Waals surface area contributed by atoms with Gasteiger partial charge in [-0.1, -0.05) is 12.1 Å². The molecule has 0 unspecified atom stereocenters. The molecule has 1 aromatic carbocycles. The molecule has 3 aromatic rings. The van der Waals surface area contributed by atoms with Crippen molar-refractivity contribution in [3.8, 4) is 0 Å². The lowest BCUT2D eigenvalue weighted by Gasteiger charge is -2.04. The number of nitrogens with zero attached hydrogens (tertiary/aromatic N) is 2. The van der Waals surface area contributed by atoms with E-state index < -0.39 is 0 Å². The molecule has 0 aliphatic heterocycles. The summed E-state index contributed by atoms with van der Waals surface area (Å²) in [5.41, 5.74) is 1.59. The second-order valence-electron chi connectivity index (χ2n) is 5.09. The molecule has 0 bridgehead atoms. The maximum absolute atomic E-state index is 12.2. The van der Waals surface area contributed by atoms with Crippen LogP contribution in [-0.2, 0) is 24.9 Å². The van der Waals surface area contributed by atoms with E-state index >= 15 is 0 Å². The summed E-state index contributed by atoms with van der Waals surface area (Å²) in [5, 5.41) is 2.77. The topological polar surface area (TPSA) is 69.2 Å². The number of aryl methyl sites for hydroxylation is 2. The Kier molecular flexibility index (Phi) is 3.82. The molecular weight excluding hydrogens is 282 g/mol. The lowest BCUT2D eigenvalue weighted by atomic mass is 10.3. The molecule has 6 heteroatoms. The smallest absolute Gasteiger partial charge is 0.328 e. The van der Waals surface area contributed by atoms with Crippen LogP contribution in [0.5, 0.6) is 0 Å². The van der Waals surface area contributed by atoms with E-state index in [0.29, 0.717) is 18.8 Å². The molecule has 6 nitrogen and oxygen atoms in total. The molecule has 0 fully saturated rings. The number of carbonyl (C=O) groups excluding carboxylic acids is 1. The number of furan rings is 1. The summed E-state index contributed by atoms with van der Waals surface area (Å²) < 4.78 is 8.37. The number of hydrogen-bond donors (Lipinski definition) is 1. The second kappa shape index (κ2) is 5.93. The summed E-state index contributed by atoms with van der Waals surface area (Å²) in [4.78, 5) is 24.1. The first-order valence-electron chi connectivity index (χ1n) is 7.10. The molecule has 1 N–H and O–H groups in total. The summed E-state index contributed by atoms with van der Waals surface area (Å²) >= 11 is 0. The lowest BCUT2D eigenvalue weighted by Crippen LogP contribution is -2.27. The van der Waals surface area contributed by atoms with Crippen LogP contribution >= 0.6 is 0 Å². The highest BCUT2D eigenvalue weighted by Gasteiger charge is 2.11. The number of fused-ring (bicyclic) bond motifs is 1. The fraction of sp³-hybridized carbons (Fsp3) is 0.250. The number of nitrogens with one attached hydrogen (secondary N) is 1. The van der Waals surface area contributed by atoms with Gasteiger partial charge in [-0.05, 0) is 24.3 Å². The van der Waals surface area contributed by atoms with Gasteiger partial charge in [-0.25, -0.2) is 4.79 Å². The fourth-order valence-electron chi connectivity index (χ4n) is 2.48. The van der Waals surface area contributed by atoms with Gasteiger partial charge in [0, 0.05) is 20.0 Å². The zero-order chi connectivity index (χ0) is 15.5. The normalized spacial score (nSPS) is 11.0. The third kappa shape index (κ3) is 2.67. The molecular formula is C16H17N3O3. The summed E-state index contributed by atoms with van der Waals surface area (Å²) in [6.45, 7) is 0.709. The molecule has 0 radical (unpaired) electrons. The third-order valence-corrected chi connectivity index (χ3v) is 3.65. The van der Waals surface area contributed by atoms with E-state index in [1.807, 2.05) is 24.3 Å². The van der Waals surface area contributed by atoms with Crippen molar-refractivity contribution in [1.29, 1.82) is 0 Å². The molecule has 0 spiro atoms. The Labute approximate surface area is 127 Å². The van der Waals surface area contributed by atoms with Crippen LogP contribution in [0.15, 0.2) is 51.9 Å². The number of carbonyl (C=O) groups is 1. The van der Waals surface area contributed by atoms with Gasteiger partial charge in [0.05, 0.1) is 23.8 Å². The van der Waals surface area contributed by atoms with Crippen LogP contribution in [0, 0.1) is 0 Å². The van der Waals surface area contributed by atoms with Gasteiger partial charge < -0.3 is 9.73 Å². The van der Waals surface area contributed by atoms with Crippen molar-refractivity contribution in [3.63, 3.8) is 0 Å². The number of benzene rings is 1. The zero-order valence-electron chi connectivity index (χ0n) is 12.3. The van der Waals surface area contributed by atoms with Gasteiger partial charge in [-0.3, -0.25) is 13.9 Å². The molecule has 0 aliphatic rings. The standard InChI is InChI=1S/C16H17N3O3/c1-18-13-6-2-3-7-14(13)19(16(18)21)9-8-15(20)17-11-12-5-4-10-22-12/h2-7,10H,8-9,11H2,1H3,(H,17,20). The average molecular weight is 299 g/mol. The van der Waals surface area contributed by atoms with Gasteiger partial charge in [0.1, 0.15) is 5.76 Å². The molecule has 1 amide bonds. The molecule has 2 heterocycles.